The van der Waals surface area contributed by atoms with E-state index >= 15 is 0 Å². The third-order valence-corrected chi connectivity index (χ3v) is 2.71. The highest BCUT2D eigenvalue weighted by Crippen LogP contribution is 2.49. The summed E-state index contributed by atoms with van der Waals surface area (Å²) in [6, 6.07) is 8.89. The summed E-state index contributed by atoms with van der Waals surface area (Å²) in [6.07, 6.45) is 0.452. The Morgan fingerprint density at radius 1 is 1.53 bits per heavy atom. The monoisotopic (exact) mass is 207 g/mol. The number of nitrogens with zero attached hydrogens (tertiary/aromatic N) is 1. The van der Waals surface area contributed by atoms with Crippen LogP contribution in [-0.4, -0.2) is 19.0 Å². The second kappa shape index (κ2) is 3.53. The van der Waals surface area contributed by atoms with Crippen molar-refractivity contribution in [3.05, 3.63) is 35.9 Å². The normalized spacial score (nSPS) is 30.0. The van der Waals surface area contributed by atoms with Crippen LogP contribution in [0.5, 0.6) is 0 Å². The zero-order valence-corrected chi connectivity index (χ0v) is 8.57. The summed E-state index contributed by atoms with van der Waals surface area (Å²) in [5.74, 6) is 0.287. The topological polar surface area (TPSA) is 50.4 Å². The van der Waals surface area contributed by atoms with Gasteiger partial charge in [0.2, 0.25) is 0 Å². The lowest BCUT2D eigenvalue weighted by molar-refractivity contribution is 0.300. The summed E-state index contributed by atoms with van der Waals surface area (Å²) in [5, 5.41) is 2.85. The molecule has 1 aromatic carbocycles. The van der Waals surface area contributed by atoms with Crippen LogP contribution in [0.3, 0.4) is 0 Å². The quantitative estimate of drug-likeness (QED) is 0.564. The summed E-state index contributed by atoms with van der Waals surface area (Å²) in [6.45, 7) is 0. The Hall–Kier alpha value is -1.58. The van der Waals surface area contributed by atoms with Crippen LogP contribution in [-0.2, 0) is 5.67 Å². The number of alkyl halides is 1. The summed E-state index contributed by atoms with van der Waals surface area (Å²) < 4.78 is 14.2. The number of rotatable bonds is 2. The molecule has 15 heavy (non-hydrogen) atoms. The lowest BCUT2D eigenvalue weighted by Crippen LogP contribution is -2.35. The highest BCUT2D eigenvalue weighted by Gasteiger charge is 2.57. The summed E-state index contributed by atoms with van der Waals surface area (Å²) >= 11 is 0. The maximum Gasteiger partial charge on any atom is 0.188 e. The van der Waals surface area contributed by atoms with Crippen LogP contribution in [0.1, 0.15) is 12.0 Å². The van der Waals surface area contributed by atoms with Crippen molar-refractivity contribution in [2.24, 2.45) is 10.7 Å². The van der Waals surface area contributed by atoms with Gasteiger partial charge in [-0.3, -0.25) is 4.99 Å². The number of guanidine groups is 1. The van der Waals surface area contributed by atoms with Crippen LogP contribution in [0, 0.1) is 0 Å². The first-order valence-corrected chi connectivity index (χ1v) is 4.90. The maximum absolute atomic E-state index is 14.2. The van der Waals surface area contributed by atoms with Gasteiger partial charge in [-0.2, -0.15) is 0 Å². The SMILES string of the molecule is CN=C(N)NC1CC1(F)c1ccccc1. The Kier molecular flexibility index (Phi) is 2.34. The minimum Gasteiger partial charge on any atom is -0.370 e. The predicted molar refractivity (Wildman–Crippen MR) is 58.3 cm³/mol. The first-order valence-electron chi connectivity index (χ1n) is 4.90. The molecule has 2 rings (SSSR count). The molecule has 2 unspecified atom stereocenters. The van der Waals surface area contributed by atoms with Crippen LogP contribution in [0.25, 0.3) is 0 Å². The number of nitrogens with one attached hydrogen (secondary N) is 1. The molecule has 0 spiro atoms. The third kappa shape index (κ3) is 1.79. The molecule has 1 aliphatic rings. The average molecular weight is 207 g/mol. The van der Waals surface area contributed by atoms with E-state index in [0.29, 0.717) is 12.0 Å². The van der Waals surface area contributed by atoms with Crippen LogP contribution >= 0.6 is 0 Å². The van der Waals surface area contributed by atoms with Crippen LogP contribution in [0.2, 0.25) is 0 Å². The van der Waals surface area contributed by atoms with Crippen LogP contribution in [0.15, 0.2) is 35.3 Å². The van der Waals surface area contributed by atoms with E-state index in [2.05, 4.69) is 10.3 Å². The van der Waals surface area contributed by atoms with E-state index in [1.807, 2.05) is 18.2 Å². The minimum atomic E-state index is -1.28. The molecule has 0 bridgehead atoms. The van der Waals surface area contributed by atoms with E-state index in [9.17, 15) is 4.39 Å². The molecule has 0 saturated heterocycles. The molecule has 1 aliphatic carbocycles. The van der Waals surface area contributed by atoms with Gasteiger partial charge >= 0.3 is 0 Å². The number of aliphatic imine (C=N–C) groups is 1. The molecule has 0 radical (unpaired) electrons. The van der Waals surface area contributed by atoms with Crippen molar-refractivity contribution in [2.45, 2.75) is 18.1 Å². The summed E-state index contributed by atoms with van der Waals surface area (Å²) in [4.78, 5) is 3.74. The summed E-state index contributed by atoms with van der Waals surface area (Å²) in [7, 11) is 1.58. The predicted octanol–water partition coefficient (Wildman–Crippen LogP) is 1.16. The molecule has 4 heteroatoms. The number of nitrogens with two attached hydrogens (primary N) is 1. The third-order valence-electron chi connectivity index (χ3n) is 2.71. The Morgan fingerprint density at radius 2 is 2.20 bits per heavy atom. The molecule has 3 nitrogen and oxygen atoms in total. The van der Waals surface area contributed by atoms with Crippen molar-refractivity contribution in [3.8, 4) is 0 Å². The van der Waals surface area contributed by atoms with Crippen molar-refractivity contribution in [3.63, 3.8) is 0 Å². The maximum atomic E-state index is 14.2. The lowest BCUT2D eigenvalue weighted by atomic mass is 10.1. The number of halogens is 1. The van der Waals surface area contributed by atoms with Crippen LogP contribution in [0.4, 0.5) is 4.39 Å². The standard InChI is InChI=1S/C11H14FN3/c1-14-10(13)15-9-7-11(9,12)8-5-3-2-4-6-8/h2-6,9H,7H2,1H3,(H3,13,14,15). The molecule has 2 atom stereocenters. The molecule has 0 aromatic heterocycles. The van der Waals surface area contributed by atoms with E-state index in [-0.39, 0.29) is 12.0 Å². The zero-order valence-electron chi connectivity index (χ0n) is 8.57. The smallest absolute Gasteiger partial charge is 0.188 e. The molecular weight excluding hydrogens is 193 g/mol. The van der Waals surface area contributed by atoms with Gasteiger partial charge in [0.25, 0.3) is 0 Å². The van der Waals surface area contributed by atoms with Gasteiger partial charge < -0.3 is 11.1 Å². The average Bonchev–Trinajstić information content (AvgIpc) is 2.92. The molecule has 0 heterocycles. The molecule has 0 amide bonds. The Balaban J connectivity index is 2.07. The van der Waals surface area contributed by atoms with E-state index in [4.69, 9.17) is 5.73 Å². The van der Waals surface area contributed by atoms with Crippen molar-refractivity contribution in [2.75, 3.05) is 7.05 Å². The molecule has 0 aliphatic heterocycles. The Morgan fingerprint density at radius 3 is 2.80 bits per heavy atom. The van der Waals surface area contributed by atoms with Crippen molar-refractivity contribution in [1.82, 2.24) is 5.32 Å². The van der Waals surface area contributed by atoms with Crippen LogP contribution < -0.4 is 11.1 Å². The van der Waals surface area contributed by atoms with Gasteiger partial charge in [0.1, 0.15) is 0 Å². The van der Waals surface area contributed by atoms with Crippen molar-refractivity contribution < 1.29 is 4.39 Å². The largest absolute Gasteiger partial charge is 0.370 e. The second-order valence-electron chi connectivity index (χ2n) is 3.74. The van der Waals surface area contributed by atoms with E-state index in [1.54, 1.807) is 19.2 Å². The van der Waals surface area contributed by atoms with E-state index < -0.39 is 5.67 Å². The fourth-order valence-corrected chi connectivity index (χ4v) is 1.68. The molecule has 1 saturated carbocycles. The molecule has 80 valence electrons. The van der Waals surface area contributed by atoms with Gasteiger partial charge in [0.05, 0.1) is 6.04 Å². The number of hydrogen-bond acceptors (Lipinski definition) is 1. The van der Waals surface area contributed by atoms with Gasteiger partial charge in [-0.25, -0.2) is 4.39 Å². The second-order valence-corrected chi connectivity index (χ2v) is 3.74. The van der Waals surface area contributed by atoms with Crippen molar-refractivity contribution in [1.29, 1.82) is 0 Å². The van der Waals surface area contributed by atoms with Gasteiger partial charge in [-0.15, -0.1) is 0 Å². The summed E-state index contributed by atoms with van der Waals surface area (Å²) in [5.41, 5.74) is 4.90. The lowest BCUT2D eigenvalue weighted by Gasteiger charge is -2.09. The Bertz CT molecular complexity index is 377. The fraction of sp³-hybridized carbons (Fsp3) is 0.364. The highest BCUT2D eigenvalue weighted by molar-refractivity contribution is 5.78. The number of benzene rings is 1. The van der Waals surface area contributed by atoms with Gasteiger partial charge in [0, 0.05) is 13.5 Å². The molecule has 1 aromatic rings. The fourth-order valence-electron chi connectivity index (χ4n) is 1.68. The minimum absolute atomic E-state index is 0.247. The first-order chi connectivity index (χ1) is 7.16. The molecule has 3 N–H and O–H groups in total. The van der Waals surface area contributed by atoms with E-state index in [1.165, 1.54) is 0 Å². The zero-order chi connectivity index (χ0) is 10.9. The molecular formula is C11H14FN3. The molecule has 1 fully saturated rings. The number of hydrogen-bond donors (Lipinski definition) is 2. The van der Waals surface area contributed by atoms with E-state index in [0.717, 1.165) is 0 Å². The highest BCUT2D eigenvalue weighted by atomic mass is 19.1. The Labute approximate surface area is 88.2 Å². The van der Waals surface area contributed by atoms with Crippen molar-refractivity contribution >= 4 is 5.96 Å². The van der Waals surface area contributed by atoms with Gasteiger partial charge in [-0.1, -0.05) is 30.3 Å². The van der Waals surface area contributed by atoms with Gasteiger partial charge in [0.15, 0.2) is 11.6 Å². The van der Waals surface area contributed by atoms with Gasteiger partial charge in [-0.05, 0) is 5.56 Å². The first kappa shape index (κ1) is 9.96.